The summed E-state index contributed by atoms with van der Waals surface area (Å²) in [6.45, 7) is 12.9. The molecule has 0 bridgehead atoms. The van der Waals surface area contributed by atoms with Crippen molar-refractivity contribution in [3.8, 4) is 17.0 Å². The molecule has 1 fully saturated rings. The van der Waals surface area contributed by atoms with Gasteiger partial charge < -0.3 is 15.3 Å². The molecular formula is C26H25N5O2. The van der Waals surface area contributed by atoms with Crippen LogP contribution < -0.4 is 10.2 Å². The lowest BCUT2D eigenvalue weighted by atomic mass is 10.0. The highest BCUT2D eigenvalue weighted by molar-refractivity contribution is 5.91. The van der Waals surface area contributed by atoms with E-state index < -0.39 is 0 Å². The molecule has 7 heteroatoms. The van der Waals surface area contributed by atoms with E-state index in [1.165, 1.54) is 18.7 Å². The lowest BCUT2D eigenvalue weighted by molar-refractivity contribution is -0.114. The molecule has 0 atom stereocenters. The standard InChI is InChI=1S/C26H25N5O2/c1-3-21(32)15-18-8-7-9-19(14-18)25-22(27-2)17-28-26(30-25)29-20-10-11-24(33)23(16-20)31-12-5-4-6-13-31/h3,7-11,14,16-17,33H,1,4-6,12-13,15H2,(H,28,29,30). The van der Waals surface area contributed by atoms with Crippen LogP contribution in [0.4, 0.5) is 23.0 Å². The SMILES string of the molecule is [C-]#[N+]c1cnc(Nc2ccc(O)c(N3CCCCC3)c2)nc1-c1cccc(CC(=O)C=C)c1. The summed E-state index contributed by atoms with van der Waals surface area (Å²) in [4.78, 5) is 26.4. The third-order valence-corrected chi connectivity index (χ3v) is 5.62. The van der Waals surface area contributed by atoms with Gasteiger partial charge in [-0.2, -0.15) is 0 Å². The molecule has 0 spiro atoms. The van der Waals surface area contributed by atoms with Crippen molar-refractivity contribution >= 4 is 28.8 Å². The molecule has 1 aliphatic heterocycles. The molecule has 0 radical (unpaired) electrons. The Hall–Kier alpha value is -4.18. The highest BCUT2D eigenvalue weighted by Gasteiger charge is 2.16. The number of carbonyl (C=O) groups is 1. The van der Waals surface area contributed by atoms with Crippen LogP contribution in [-0.2, 0) is 11.2 Å². The molecule has 1 aliphatic rings. The first-order valence-electron chi connectivity index (χ1n) is 10.9. The third kappa shape index (κ3) is 5.18. The molecule has 7 nitrogen and oxygen atoms in total. The van der Waals surface area contributed by atoms with Crippen molar-refractivity contribution in [1.29, 1.82) is 0 Å². The molecule has 3 aromatic rings. The van der Waals surface area contributed by atoms with Gasteiger partial charge in [-0.25, -0.2) is 14.8 Å². The Morgan fingerprint density at radius 1 is 1.21 bits per heavy atom. The van der Waals surface area contributed by atoms with Gasteiger partial charge in [0, 0.05) is 31.4 Å². The van der Waals surface area contributed by atoms with Gasteiger partial charge in [-0.3, -0.25) is 4.79 Å². The number of aromatic hydroxyl groups is 1. The van der Waals surface area contributed by atoms with E-state index >= 15 is 0 Å². The van der Waals surface area contributed by atoms with Gasteiger partial charge in [-0.1, -0.05) is 30.8 Å². The van der Waals surface area contributed by atoms with Crippen LogP contribution in [0.1, 0.15) is 24.8 Å². The summed E-state index contributed by atoms with van der Waals surface area (Å²) in [6, 6.07) is 12.8. The zero-order valence-corrected chi connectivity index (χ0v) is 18.3. The van der Waals surface area contributed by atoms with Gasteiger partial charge in [-0.05, 0) is 54.7 Å². The van der Waals surface area contributed by atoms with Gasteiger partial charge in [-0.15, -0.1) is 0 Å². The Labute approximate surface area is 193 Å². The van der Waals surface area contributed by atoms with E-state index in [1.54, 1.807) is 12.1 Å². The molecule has 0 unspecified atom stereocenters. The highest BCUT2D eigenvalue weighted by Crippen LogP contribution is 2.34. The monoisotopic (exact) mass is 439 g/mol. The maximum atomic E-state index is 11.8. The van der Waals surface area contributed by atoms with Gasteiger partial charge >= 0.3 is 0 Å². The fourth-order valence-electron chi connectivity index (χ4n) is 3.95. The number of piperidine rings is 1. The molecule has 33 heavy (non-hydrogen) atoms. The van der Waals surface area contributed by atoms with Gasteiger partial charge in [0.2, 0.25) is 11.6 Å². The summed E-state index contributed by atoms with van der Waals surface area (Å²) >= 11 is 0. The molecule has 1 saturated heterocycles. The zero-order chi connectivity index (χ0) is 23.2. The molecule has 2 aromatic carbocycles. The molecule has 2 N–H and O–H groups in total. The molecule has 1 aromatic heterocycles. The van der Waals surface area contributed by atoms with Gasteiger partial charge in [0.05, 0.1) is 18.0 Å². The van der Waals surface area contributed by atoms with E-state index in [9.17, 15) is 9.90 Å². The van der Waals surface area contributed by atoms with Crippen LogP contribution in [0.5, 0.6) is 5.75 Å². The number of anilines is 3. The minimum atomic E-state index is -0.0700. The van der Waals surface area contributed by atoms with E-state index in [0.717, 1.165) is 48.4 Å². The Bertz CT molecular complexity index is 1230. The second-order valence-corrected chi connectivity index (χ2v) is 7.96. The smallest absolute Gasteiger partial charge is 0.230 e. The van der Waals surface area contributed by atoms with Crippen LogP contribution >= 0.6 is 0 Å². The largest absolute Gasteiger partial charge is 0.506 e. The quantitative estimate of drug-likeness (QED) is 0.290. The van der Waals surface area contributed by atoms with Crippen LogP contribution in [0.25, 0.3) is 16.1 Å². The Morgan fingerprint density at radius 2 is 2.03 bits per heavy atom. The molecule has 0 amide bonds. The van der Waals surface area contributed by atoms with E-state index in [-0.39, 0.29) is 18.0 Å². The lowest BCUT2D eigenvalue weighted by Crippen LogP contribution is -2.29. The first kappa shape index (κ1) is 22.0. The molecule has 166 valence electrons. The van der Waals surface area contributed by atoms with Crippen molar-refractivity contribution in [2.75, 3.05) is 23.3 Å². The fourth-order valence-corrected chi connectivity index (χ4v) is 3.95. The molecular weight excluding hydrogens is 414 g/mol. The number of hydrogen-bond donors (Lipinski definition) is 2. The number of aromatic nitrogens is 2. The van der Waals surface area contributed by atoms with E-state index in [2.05, 4.69) is 31.6 Å². The van der Waals surface area contributed by atoms with Gasteiger partial charge in [0.15, 0.2) is 5.78 Å². The van der Waals surface area contributed by atoms with Gasteiger partial charge in [0.1, 0.15) is 5.75 Å². The lowest BCUT2D eigenvalue weighted by Gasteiger charge is -2.29. The van der Waals surface area contributed by atoms with Crippen LogP contribution in [0.15, 0.2) is 61.3 Å². The van der Waals surface area contributed by atoms with Crippen LogP contribution in [0.3, 0.4) is 0 Å². The first-order chi connectivity index (χ1) is 16.1. The molecule has 4 rings (SSSR count). The van der Waals surface area contributed by atoms with E-state index in [0.29, 0.717) is 17.3 Å². The van der Waals surface area contributed by atoms with Crippen molar-refractivity contribution < 1.29 is 9.90 Å². The predicted molar refractivity (Wildman–Crippen MR) is 130 cm³/mol. The average Bonchev–Trinajstić information content (AvgIpc) is 2.85. The van der Waals surface area contributed by atoms with Crippen LogP contribution in [0.2, 0.25) is 0 Å². The van der Waals surface area contributed by atoms with Crippen molar-refractivity contribution in [2.45, 2.75) is 25.7 Å². The number of carbonyl (C=O) groups excluding carboxylic acids is 1. The number of ketones is 1. The Morgan fingerprint density at radius 3 is 2.79 bits per heavy atom. The number of hydrogen-bond acceptors (Lipinski definition) is 6. The number of phenols is 1. The minimum Gasteiger partial charge on any atom is -0.506 e. The number of rotatable bonds is 7. The van der Waals surface area contributed by atoms with Crippen LogP contribution in [-0.4, -0.2) is 33.9 Å². The number of phenolic OH excluding ortho intramolecular Hbond substituents is 1. The van der Waals surface area contributed by atoms with Crippen molar-refractivity contribution in [1.82, 2.24) is 9.97 Å². The summed E-state index contributed by atoms with van der Waals surface area (Å²) < 4.78 is 0. The molecule has 0 aliphatic carbocycles. The second kappa shape index (κ2) is 9.96. The maximum Gasteiger partial charge on any atom is 0.230 e. The number of allylic oxidation sites excluding steroid dienone is 1. The summed E-state index contributed by atoms with van der Waals surface area (Å²) in [5.74, 6) is 0.526. The normalized spacial score (nSPS) is 13.2. The number of nitrogens with zero attached hydrogens (tertiary/aromatic N) is 4. The van der Waals surface area contributed by atoms with Gasteiger partial charge in [0.25, 0.3) is 0 Å². The highest BCUT2D eigenvalue weighted by atomic mass is 16.3. The molecule has 0 saturated carbocycles. The maximum absolute atomic E-state index is 11.8. The summed E-state index contributed by atoms with van der Waals surface area (Å²) in [6.07, 6.45) is 6.47. The van der Waals surface area contributed by atoms with Crippen molar-refractivity contribution in [3.05, 3.63) is 78.3 Å². The second-order valence-electron chi connectivity index (χ2n) is 7.96. The fraction of sp³-hybridized carbons (Fsp3) is 0.231. The first-order valence-corrected chi connectivity index (χ1v) is 10.9. The minimum absolute atomic E-state index is 0.0700. The van der Waals surface area contributed by atoms with Crippen LogP contribution in [0, 0.1) is 6.57 Å². The number of benzene rings is 2. The summed E-state index contributed by atoms with van der Waals surface area (Å²) in [5, 5.41) is 13.6. The summed E-state index contributed by atoms with van der Waals surface area (Å²) in [7, 11) is 0. The van der Waals surface area contributed by atoms with Crippen molar-refractivity contribution in [3.63, 3.8) is 0 Å². The Balaban J connectivity index is 1.63. The average molecular weight is 440 g/mol. The zero-order valence-electron chi connectivity index (χ0n) is 18.3. The predicted octanol–water partition coefficient (Wildman–Crippen LogP) is 5.43. The van der Waals surface area contributed by atoms with E-state index in [4.69, 9.17) is 6.57 Å². The number of nitrogens with one attached hydrogen (secondary N) is 1. The summed E-state index contributed by atoms with van der Waals surface area (Å²) in [5.41, 5.74) is 3.92. The Kier molecular flexibility index (Phi) is 6.65. The van der Waals surface area contributed by atoms with E-state index in [1.807, 2.05) is 30.3 Å². The molecule has 2 heterocycles. The third-order valence-electron chi connectivity index (χ3n) is 5.62. The topological polar surface area (TPSA) is 82.7 Å². The van der Waals surface area contributed by atoms with Crippen molar-refractivity contribution in [2.24, 2.45) is 0 Å².